The number of rotatable bonds is 22. The van der Waals surface area contributed by atoms with Crippen molar-refractivity contribution in [3.63, 3.8) is 0 Å². The van der Waals surface area contributed by atoms with E-state index < -0.39 is 15.4 Å². The number of hydrogen-bond acceptors (Lipinski definition) is 3. The van der Waals surface area contributed by atoms with Crippen molar-refractivity contribution in [1.29, 1.82) is 0 Å². The molecule has 0 radical (unpaired) electrons. The first-order chi connectivity index (χ1) is 13.9. The monoisotopic (exact) mass is 434 g/mol. The lowest BCUT2D eigenvalue weighted by Crippen LogP contribution is -2.21. The van der Waals surface area contributed by atoms with E-state index in [2.05, 4.69) is 13.8 Å². The van der Waals surface area contributed by atoms with Crippen LogP contribution in [0.4, 0.5) is 0 Å². The molecule has 0 aliphatic rings. The zero-order chi connectivity index (χ0) is 21.8. The molecule has 2 atom stereocenters. The summed E-state index contributed by atoms with van der Waals surface area (Å²) in [7, 11) is -3.97. The number of unbranched alkanes of at least 4 members (excludes halogenated alkanes) is 13. The largest absolute Gasteiger partial charge is 0.393 e. The summed E-state index contributed by atoms with van der Waals surface area (Å²) in [4.78, 5) is 0. The Morgan fingerprint density at radius 3 is 1.38 bits per heavy atom. The predicted octanol–water partition coefficient (Wildman–Crippen LogP) is 7.45. The standard InChI is InChI=1S/C24H50O4S/c1-3-5-7-8-9-10-11-12-13-14-15-17-19-23(25)20-18-22-24(29(26,27)28)21-16-6-4-2/h23-25H,3-22H2,1-2H3,(H,26,27,28). The molecule has 2 N–H and O–H groups in total. The SMILES string of the molecule is CCCCCCCCCCCCCCC(O)CCCC(CCCCC)S(=O)(=O)O. The van der Waals surface area contributed by atoms with Crippen molar-refractivity contribution >= 4 is 10.1 Å². The van der Waals surface area contributed by atoms with Gasteiger partial charge in [-0.25, -0.2) is 0 Å². The van der Waals surface area contributed by atoms with Crippen molar-refractivity contribution in [3.05, 3.63) is 0 Å². The summed E-state index contributed by atoms with van der Waals surface area (Å²) in [5.74, 6) is 0. The van der Waals surface area contributed by atoms with Gasteiger partial charge in [0, 0.05) is 0 Å². The van der Waals surface area contributed by atoms with E-state index in [1.54, 1.807) is 0 Å². The van der Waals surface area contributed by atoms with E-state index in [4.69, 9.17) is 0 Å². The van der Waals surface area contributed by atoms with Crippen LogP contribution in [0.3, 0.4) is 0 Å². The number of aliphatic hydroxyl groups excluding tert-OH is 1. The summed E-state index contributed by atoms with van der Waals surface area (Å²) in [6.45, 7) is 4.34. The van der Waals surface area contributed by atoms with Crippen LogP contribution >= 0.6 is 0 Å². The highest BCUT2D eigenvalue weighted by molar-refractivity contribution is 7.86. The second-order valence-corrected chi connectivity index (χ2v) is 10.6. The molecule has 0 saturated heterocycles. The van der Waals surface area contributed by atoms with Gasteiger partial charge in [-0.2, -0.15) is 8.42 Å². The zero-order valence-electron chi connectivity index (χ0n) is 19.4. The fraction of sp³-hybridized carbons (Fsp3) is 1.00. The van der Waals surface area contributed by atoms with Gasteiger partial charge in [-0.3, -0.25) is 4.55 Å². The molecule has 0 aromatic rings. The van der Waals surface area contributed by atoms with E-state index in [1.807, 2.05) is 0 Å². The highest BCUT2D eigenvalue weighted by Crippen LogP contribution is 2.19. The van der Waals surface area contributed by atoms with Crippen LogP contribution in [-0.2, 0) is 10.1 Å². The first-order valence-corrected chi connectivity index (χ1v) is 14.1. The Kier molecular flexibility index (Phi) is 19.7. The maximum Gasteiger partial charge on any atom is 0.267 e. The molecule has 0 saturated carbocycles. The minimum atomic E-state index is -3.97. The second kappa shape index (κ2) is 19.8. The molecular weight excluding hydrogens is 384 g/mol. The molecule has 4 nitrogen and oxygen atoms in total. The van der Waals surface area contributed by atoms with Crippen LogP contribution in [0.15, 0.2) is 0 Å². The Morgan fingerprint density at radius 1 is 0.552 bits per heavy atom. The summed E-state index contributed by atoms with van der Waals surface area (Å²) in [6, 6.07) is 0. The van der Waals surface area contributed by atoms with Crippen LogP contribution in [0, 0.1) is 0 Å². The lowest BCUT2D eigenvalue weighted by molar-refractivity contribution is 0.147. The van der Waals surface area contributed by atoms with Gasteiger partial charge in [-0.1, -0.05) is 110 Å². The third kappa shape index (κ3) is 19.6. The van der Waals surface area contributed by atoms with E-state index >= 15 is 0 Å². The van der Waals surface area contributed by atoms with Crippen molar-refractivity contribution in [3.8, 4) is 0 Å². The molecule has 2 unspecified atom stereocenters. The molecule has 5 heteroatoms. The van der Waals surface area contributed by atoms with E-state index in [1.165, 1.54) is 70.6 Å². The van der Waals surface area contributed by atoms with Gasteiger partial charge < -0.3 is 5.11 Å². The van der Waals surface area contributed by atoms with Gasteiger partial charge in [0.25, 0.3) is 10.1 Å². The second-order valence-electron chi connectivity index (χ2n) is 8.90. The Hall–Kier alpha value is -0.130. The Labute approximate surface area is 182 Å². The predicted molar refractivity (Wildman–Crippen MR) is 125 cm³/mol. The van der Waals surface area contributed by atoms with E-state index in [9.17, 15) is 18.1 Å². The maximum atomic E-state index is 11.5. The lowest BCUT2D eigenvalue weighted by Gasteiger charge is -2.15. The summed E-state index contributed by atoms with van der Waals surface area (Å²) in [6.07, 6.45) is 21.4. The summed E-state index contributed by atoms with van der Waals surface area (Å²) in [5, 5.41) is 9.47. The molecular formula is C24H50O4S. The first kappa shape index (κ1) is 28.9. The Bertz CT molecular complexity index is 436. The van der Waals surface area contributed by atoms with E-state index in [0.29, 0.717) is 25.7 Å². The minimum absolute atomic E-state index is 0.337. The van der Waals surface area contributed by atoms with Gasteiger partial charge in [0.15, 0.2) is 0 Å². The van der Waals surface area contributed by atoms with E-state index in [-0.39, 0.29) is 6.10 Å². The molecule has 0 aliphatic carbocycles. The van der Waals surface area contributed by atoms with Crippen LogP contribution < -0.4 is 0 Å². The van der Waals surface area contributed by atoms with Crippen molar-refractivity contribution in [2.24, 2.45) is 0 Å². The van der Waals surface area contributed by atoms with Gasteiger partial charge in [0.05, 0.1) is 11.4 Å². The van der Waals surface area contributed by atoms with Gasteiger partial charge >= 0.3 is 0 Å². The molecule has 0 amide bonds. The molecule has 0 aliphatic heterocycles. The molecule has 29 heavy (non-hydrogen) atoms. The number of aliphatic hydroxyl groups is 1. The molecule has 0 aromatic heterocycles. The van der Waals surface area contributed by atoms with Crippen LogP contribution in [0.5, 0.6) is 0 Å². The molecule has 0 heterocycles. The average Bonchev–Trinajstić information content (AvgIpc) is 2.67. The van der Waals surface area contributed by atoms with Crippen molar-refractivity contribution in [2.45, 2.75) is 154 Å². The summed E-state index contributed by atoms with van der Waals surface area (Å²) in [5.41, 5.74) is 0. The van der Waals surface area contributed by atoms with Gasteiger partial charge in [0.1, 0.15) is 0 Å². The average molecular weight is 435 g/mol. The van der Waals surface area contributed by atoms with Crippen molar-refractivity contribution in [1.82, 2.24) is 0 Å². The quantitative estimate of drug-likeness (QED) is 0.137. The van der Waals surface area contributed by atoms with Crippen LogP contribution in [0.25, 0.3) is 0 Å². The summed E-state index contributed by atoms with van der Waals surface area (Å²) >= 11 is 0. The van der Waals surface area contributed by atoms with Gasteiger partial charge in [-0.05, 0) is 32.1 Å². The molecule has 0 fully saturated rings. The highest BCUT2D eigenvalue weighted by Gasteiger charge is 2.22. The normalized spacial score (nSPS) is 14.2. The van der Waals surface area contributed by atoms with Gasteiger partial charge in [-0.15, -0.1) is 0 Å². The van der Waals surface area contributed by atoms with Gasteiger partial charge in [0.2, 0.25) is 0 Å². The van der Waals surface area contributed by atoms with Crippen LogP contribution in [0.1, 0.15) is 142 Å². The molecule has 176 valence electrons. The summed E-state index contributed by atoms with van der Waals surface area (Å²) < 4.78 is 32.4. The van der Waals surface area contributed by atoms with Crippen LogP contribution in [-0.4, -0.2) is 29.4 Å². The maximum absolute atomic E-state index is 11.5. The fourth-order valence-electron chi connectivity index (χ4n) is 4.01. The van der Waals surface area contributed by atoms with Crippen LogP contribution in [0.2, 0.25) is 0 Å². The number of hydrogen-bond donors (Lipinski definition) is 2. The fourth-order valence-corrected chi connectivity index (χ4v) is 4.94. The smallest absolute Gasteiger partial charge is 0.267 e. The Balaban J connectivity index is 3.58. The topological polar surface area (TPSA) is 74.6 Å². The third-order valence-electron chi connectivity index (χ3n) is 6.01. The minimum Gasteiger partial charge on any atom is -0.393 e. The van der Waals surface area contributed by atoms with Crippen molar-refractivity contribution < 1.29 is 18.1 Å². The zero-order valence-corrected chi connectivity index (χ0v) is 20.2. The van der Waals surface area contributed by atoms with E-state index in [0.717, 1.165) is 32.1 Å². The first-order valence-electron chi connectivity index (χ1n) is 12.6. The molecule has 0 spiro atoms. The lowest BCUT2D eigenvalue weighted by atomic mass is 10.0. The van der Waals surface area contributed by atoms with Crippen molar-refractivity contribution in [2.75, 3.05) is 0 Å². The Morgan fingerprint density at radius 2 is 0.897 bits per heavy atom. The molecule has 0 aromatic carbocycles. The molecule has 0 bridgehead atoms. The highest BCUT2D eigenvalue weighted by atomic mass is 32.2. The third-order valence-corrected chi connectivity index (χ3v) is 7.32. The molecule has 0 rings (SSSR count).